The number of rotatable bonds is 3. The Kier molecular flexibility index (Phi) is 3.81. The second-order valence-corrected chi connectivity index (χ2v) is 6.64. The van der Waals surface area contributed by atoms with Gasteiger partial charge in [-0.05, 0) is 48.7 Å². The molecular formula is C21H22O3. The van der Waals surface area contributed by atoms with Gasteiger partial charge in [-0.1, -0.05) is 30.3 Å². The summed E-state index contributed by atoms with van der Waals surface area (Å²) in [5.41, 5.74) is 2.20. The van der Waals surface area contributed by atoms with Crippen LogP contribution in [0, 0.1) is 5.92 Å². The zero-order chi connectivity index (χ0) is 16.6. The summed E-state index contributed by atoms with van der Waals surface area (Å²) in [6, 6.07) is 18.2. The van der Waals surface area contributed by atoms with Gasteiger partial charge in [-0.3, -0.25) is 0 Å². The van der Waals surface area contributed by atoms with Gasteiger partial charge in [0.05, 0.1) is 7.11 Å². The van der Waals surface area contributed by atoms with E-state index in [1.54, 1.807) is 7.11 Å². The number of aliphatic hydroxyl groups is 1. The Labute approximate surface area is 142 Å². The van der Waals surface area contributed by atoms with Crippen LogP contribution in [-0.4, -0.2) is 18.0 Å². The van der Waals surface area contributed by atoms with Gasteiger partial charge in [-0.15, -0.1) is 0 Å². The molecule has 0 aromatic heterocycles. The predicted molar refractivity (Wildman–Crippen MR) is 93.5 cm³/mol. The monoisotopic (exact) mass is 322 g/mol. The molecule has 0 bridgehead atoms. The van der Waals surface area contributed by atoms with E-state index in [0.29, 0.717) is 6.42 Å². The van der Waals surface area contributed by atoms with Crippen molar-refractivity contribution < 1.29 is 14.6 Å². The van der Waals surface area contributed by atoms with Crippen molar-refractivity contribution >= 4 is 5.76 Å². The maximum Gasteiger partial charge on any atom is 0.211 e. The molecule has 3 atom stereocenters. The van der Waals surface area contributed by atoms with Crippen molar-refractivity contribution in [2.24, 2.45) is 5.92 Å². The van der Waals surface area contributed by atoms with E-state index in [0.717, 1.165) is 29.9 Å². The molecule has 2 aromatic carbocycles. The molecule has 0 radical (unpaired) electrons. The van der Waals surface area contributed by atoms with E-state index in [2.05, 4.69) is 30.3 Å². The first-order valence-corrected chi connectivity index (χ1v) is 8.52. The maximum atomic E-state index is 11.1. The minimum atomic E-state index is -1.06. The van der Waals surface area contributed by atoms with Crippen LogP contribution in [0.1, 0.15) is 36.3 Å². The molecule has 1 fully saturated rings. The number of benzene rings is 2. The fourth-order valence-corrected chi connectivity index (χ4v) is 3.99. The predicted octanol–water partition coefficient (Wildman–Crippen LogP) is 4.34. The Hall–Kier alpha value is -2.26. The molecular weight excluding hydrogens is 300 g/mol. The molecule has 2 aliphatic rings. The quantitative estimate of drug-likeness (QED) is 0.913. The van der Waals surface area contributed by atoms with Gasteiger partial charge in [0.2, 0.25) is 5.79 Å². The second kappa shape index (κ2) is 5.99. The zero-order valence-corrected chi connectivity index (χ0v) is 13.8. The van der Waals surface area contributed by atoms with Crippen LogP contribution in [0.15, 0.2) is 60.7 Å². The summed E-state index contributed by atoms with van der Waals surface area (Å²) in [5, 5.41) is 11.1. The van der Waals surface area contributed by atoms with Crippen LogP contribution in [0.2, 0.25) is 0 Å². The highest BCUT2D eigenvalue weighted by Crippen LogP contribution is 2.51. The molecule has 24 heavy (non-hydrogen) atoms. The lowest BCUT2D eigenvalue weighted by atomic mass is 9.79. The highest BCUT2D eigenvalue weighted by atomic mass is 16.6. The van der Waals surface area contributed by atoms with E-state index < -0.39 is 5.79 Å². The first kappa shape index (κ1) is 15.3. The SMILES string of the molecule is COc1ccc(C2=CC(c3ccccc3)C3CCCC3(O)O2)cc1. The summed E-state index contributed by atoms with van der Waals surface area (Å²) in [6.45, 7) is 0. The smallest absolute Gasteiger partial charge is 0.211 e. The van der Waals surface area contributed by atoms with Crippen molar-refractivity contribution in [3.05, 3.63) is 71.8 Å². The van der Waals surface area contributed by atoms with Crippen LogP contribution in [0.5, 0.6) is 5.75 Å². The van der Waals surface area contributed by atoms with E-state index in [9.17, 15) is 5.11 Å². The van der Waals surface area contributed by atoms with Crippen LogP contribution in [0.4, 0.5) is 0 Å². The molecule has 0 saturated heterocycles. The summed E-state index contributed by atoms with van der Waals surface area (Å²) >= 11 is 0. The van der Waals surface area contributed by atoms with Gasteiger partial charge in [-0.25, -0.2) is 0 Å². The number of ether oxygens (including phenoxy) is 2. The molecule has 1 heterocycles. The van der Waals surface area contributed by atoms with Crippen molar-refractivity contribution in [1.82, 2.24) is 0 Å². The average molecular weight is 322 g/mol. The molecule has 3 nitrogen and oxygen atoms in total. The van der Waals surface area contributed by atoms with Crippen LogP contribution in [-0.2, 0) is 4.74 Å². The standard InChI is InChI=1S/C21H22O3/c1-23-17-11-9-16(10-12-17)20-14-18(15-6-3-2-4-7-15)19-8-5-13-21(19,22)24-20/h2-4,6-7,9-12,14,18-19,22H,5,8,13H2,1H3. The maximum absolute atomic E-state index is 11.1. The largest absolute Gasteiger partial charge is 0.497 e. The van der Waals surface area contributed by atoms with Crippen LogP contribution >= 0.6 is 0 Å². The fraction of sp³-hybridized carbons (Fsp3) is 0.333. The first-order chi connectivity index (χ1) is 11.7. The lowest BCUT2D eigenvalue weighted by Gasteiger charge is -2.40. The van der Waals surface area contributed by atoms with E-state index in [1.165, 1.54) is 5.56 Å². The van der Waals surface area contributed by atoms with Crippen LogP contribution in [0.3, 0.4) is 0 Å². The molecule has 1 aliphatic heterocycles. The highest BCUT2D eigenvalue weighted by molar-refractivity contribution is 5.63. The van der Waals surface area contributed by atoms with Gasteiger partial charge in [0.25, 0.3) is 0 Å². The third-order valence-corrected chi connectivity index (χ3v) is 5.24. The number of allylic oxidation sites excluding steroid dienone is 1. The van der Waals surface area contributed by atoms with E-state index >= 15 is 0 Å². The Morgan fingerprint density at radius 1 is 1.08 bits per heavy atom. The Balaban J connectivity index is 1.75. The summed E-state index contributed by atoms with van der Waals surface area (Å²) in [4.78, 5) is 0. The summed E-state index contributed by atoms with van der Waals surface area (Å²) in [6.07, 6.45) is 4.84. The molecule has 1 saturated carbocycles. The van der Waals surface area contributed by atoms with Crippen LogP contribution < -0.4 is 4.74 Å². The first-order valence-electron chi connectivity index (χ1n) is 8.52. The molecule has 1 aliphatic carbocycles. The lowest BCUT2D eigenvalue weighted by Crippen LogP contribution is -2.41. The Bertz CT molecular complexity index is 735. The number of hydrogen-bond acceptors (Lipinski definition) is 3. The van der Waals surface area contributed by atoms with E-state index in [-0.39, 0.29) is 11.8 Å². The minimum Gasteiger partial charge on any atom is -0.497 e. The number of fused-ring (bicyclic) bond motifs is 1. The molecule has 124 valence electrons. The van der Waals surface area contributed by atoms with Gasteiger partial charge in [0.1, 0.15) is 11.5 Å². The third kappa shape index (κ3) is 2.59. The van der Waals surface area contributed by atoms with Gasteiger partial charge < -0.3 is 14.6 Å². The number of hydrogen-bond donors (Lipinski definition) is 1. The summed E-state index contributed by atoms with van der Waals surface area (Å²) < 4.78 is 11.3. The van der Waals surface area contributed by atoms with Crippen molar-refractivity contribution in [3.63, 3.8) is 0 Å². The van der Waals surface area contributed by atoms with Gasteiger partial charge >= 0.3 is 0 Å². The molecule has 0 spiro atoms. The lowest BCUT2D eigenvalue weighted by molar-refractivity contribution is -0.190. The topological polar surface area (TPSA) is 38.7 Å². The highest BCUT2D eigenvalue weighted by Gasteiger charge is 2.50. The van der Waals surface area contributed by atoms with Gasteiger partial charge in [-0.2, -0.15) is 0 Å². The molecule has 3 heteroatoms. The van der Waals surface area contributed by atoms with Gasteiger partial charge in [0, 0.05) is 23.8 Å². The zero-order valence-electron chi connectivity index (χ0n) is 13.8. The molecule has 1 N–H and O–H groups in total. The van der Waals surface area contributed by atoms with Crippen molar-refractivity contribution in [2.45, 2.75) is 31.0 Å². The molecule has 3 unspecified atom stereocenters. The average Bonchev–Trinajstić information content (AvgIpc) is 3.03. The van der Waals surface area contributed by atoms with Gasteiger partial charge in [0.15, 0.2) is 0 Å². The van der Waals surface area contributed by atoms with Crippen molar-refractivity contribution in [3.8, 4) is 5.75 Å². The second-order valence-electron chi connectivity index (χ2n) is 6.64. The van der Waals surface area contributed by atoms with E-state index in [4.69, 9.17) is 9.47 Å². The minimum absolute atomic E-state index is 0.113. The normalized spacial score (nSPS) is 28.7. The molecule has 4 rings (SSSR count). The van der Waals surface area contributed by atoms with Crippen molar-refractivity contribution in [1.29, 1.82) is 0 Å². The Morgan fingerprint density at radius 2 is 1.83 bits per heavy atom. The van der Waals surface area contributed by atoms with Crippen LogP contribution in [0.25, 0.3) is 5.76 Å². The van der Waals surface area contributed by atoms with E-state index in [1.807, 2.05) is 30.3 Å². The number of methoxy groups -OCH3 is 1. The van der Waals surface area contributed by atoms with Crippen molar-refractivity contribution in [2.75, 3.05) is 7.11 Å². The molecule has 0 amide bonds. The third-order valence-electron chi connectivity index (χ3n) is 5.24. The summed E-state index contributed by atoms with van der Waals surface area (Å²) in [7, 11) is 1.66. The Morgan fingerprint density at radius 3 is 2.54 bits per heavy atom. The fourth-order valence-electron chi connectivity index (χ4n) is 3.99. The molecule has 2 aromatic rings. The summed E-state index contributed by atoms with van der Waals surface area (Å²) in [5.74, 6) is 0.788.